The molecule has 1 saturated heterocycles. The van der Waals surface area contributed by atoms with Gasteiger partial charge in [0, 0.05) is 45.3 Å². The quantitative estimate of drug-likeness (QED) is 0.691. The van der Waals surface area contributed by atoms with Crippen LogP contribution in [0.1, 0.15) is 37.8 Å². The first kappa shape index (κ1) is 20.4. The number of methoxy groups -OCH3 is 1. The van der Waals surface area contributed by atoms with Gasteiger partial charge in [0.15, 0.2) is 0 Å². The monoisotopic (exact) mass is 361 g/mol. The normalized spacial score (nSPS) is 17.6. The molecule has 0 bridgehead atoms. The van der Waals surface area contributed by atoms with Crippen molar-refractivity contribution in [3.63, 3.8) is 0 Å². The maximum atomic E-state index is 12.8. The molecule has 1 aliphatic rings. The Morgan fingerprint density at radius 2 is 1.92 bits per heavy atom. The topological polar surface area (TPSA) is 84.7 Å². The van der Waals surface area contributed by atoms with Crippen LogP contribution in [0.3, 0.4) is 0 Å². The van der Waals surface area contributed by atoms with E-state index in [-0.39, 0.29) is 29.7 Å². The first-order chi connectivity index (χ1) is 12.5. The highest BCUT2D eigenvalue weighted by Crippen LogP contribution is 2.24. The summed E-state index contributed by atoms with van der Waals surface area (Å²) in [6.07, 6.45) is 2.22. The van der Waals surface area contributed by atoms with Crippen LogP contribution in [0.5, 0.6) is 0 Å². The Hall–Kier alpha value is -1.92. The van der Waals surface area contributed by atoms with Gasteiger partial charge in [0.2, 0.25) is 11.8 Å². The van der Waals surface area contributed by atoms with Crippen LogP contribution in [-0.2, 0) is 14.3 Å². The van der Waals surface area contributed by atoms with Crippen molar-refractivity contribution in [3.8, 4) is 0 Å². The Bertz CT molecular complexity index is 571. The number of piperidine rings is 1. The van der Waals surface area contributed by atoms with Crippen LogP contribution in [0.25, 0.3) is 0 Å². The zero-order valence-corrected chi connectivity index (χ0v) is 15.8. The molecule has 1 aromatic rings. The molecule has 26 heavy (non-hydrogen) atoms. The number of likely N-dealkylation sites (tertiary alicyclic amines) is 1. The summed E-state index contributed by atoms with van der Waals surface area (Å²) in [4.78, 5) is 26.8. The van der Waals surface area contributed by atoms with Crippen LogP contribution in [0.4, 0.5) is 0 Å². The van der Waals surface area contributed by atoms with E-state index in [0.717, 1.165) is 12.0 Å². The van der Waals surface area contributed by atoms with E-state index < -0.39 is 0 Å². The highest BCUT2D eigenvalue weighted by atomic mass is 16.5. The Balaban J connectivity index is 1.79. The third-order valence-corrected chi connectivity index (χ3v) is 5.11. The third-order valence-electron chi connectivity index (χ3n) is 5.11. The molecule has 2 atom stereocenters. The molecule has 6 nitrogen and oxygen atoms in total. The predicted molar refractivity (Wildman–Crippen MR) is 101 cm³/mol. The van der Waals surface area contributed by atoms with Crippen LogP contribution in [-0.4, -0.2) is 50.1 Å². The number of ether oxygens (including phenoxy) is 1. The standard InChI is InChI=1S/C20H31N3O3/c1-15(18(21)16-7-4-3-5-8-16)20(25)23-12-9-17(10-13-23)19(24)22-11-6-14-26-2/h3-5,7-8,15,17-18H,6,9-14,21H2,1-2H3,(H,22,24). The van der Waals surface area contributed by atoms with Gasteiger partial charge >= 0.3 is 0 Å². The minimum absolute atomic E-state index is 0.0142. The van der Waals surface area contributed by atoms with Gasteiger partial charge in [-0.1, -0.05) is 37.3 Å². The fraction of sp³-hybridized carbons (Fsp3) is 0.600. The minimum Gasteiger partial charge on any atom is -0.385 e. The molecule has 1 aliphatic heterocycles. The molecule has 2 unspecified atom stereocenters. The SMILES string of the molecule is COCCCNC(=O)C1CCN(C(=O)C(C)C(N)c2ccccc2)CC1. The van der Waals surface area contributed by atoms with Gasteiger partial charge in [-0.15, -0.1) is 0 Å². The predicted octanol–water partition coefficient (Wildman–Crippen LogP) is 1.71. The van der Waals surface area contributed by atoms with E-state index in [1.54, 1.807) is 7.11 Å². The number of nitrogens with zero attached hydrogens (tertiary/aromatic N) is 1. The molecule has 0 saturated carbocycles. The van der Waals surface area contributed by atoms with Gasteiger partial charge in [0.1, 0.15) is 0 Å². The van der Waals surface area contributed by atoms with Gasteiger partial charge in [-0.2, -0.15) is 0 Å². The van der Waals surface area contributed by atoms with Crippen LogP contribution in [0.15, 0.2) is 30.3 Å². The first-order valence-electron chi connectivity index (χ1n) is 9.40. The lowest BCUT2D eigenvalue weighted by molar-refractivity contribution is -0.139. The highest BCUT2D eigenvalue weighted by Gasteiger charge is 2.31. The molecule has 1 fully saturated rings. The summed E-state index contributed by atoms with van der Waals surface area (Å²) in [6, 6.07) is 9.40. The van der Waals surface area contributed by atoms with Gasteiger partial charge in [0.25, 0.3) is 0 Å². The summed E-state index contributed by atoms with van der Waals surface area (Å²) in [6.45, 7) is 4.39. The molecule has 2 amide bonds. The number of carbonyl (C=O) groups excluding carboxylic acids is 2. The van der Waals surface area contributed by atoms with Crippen molar-refractivity contribution in [3.05, 3.63) is 35.9 Å². The highest BCUT2D eigenvalue weighted by molar-refractivity contribution is 5.81. The summed E-state index contributed by atoms with van der Waals surface area (Å²) in [5.41, 5.74) is 7.25. The number of hydrogen-bond donors (Lipinski definition) is 2. The van der Waals surface area contributed by atoms with E-state index in [0.29, 0.717) is 39.1 Å². The Morgan fingerprint density at radius 1 is 1.27 bits per heavy atom. The van der Waals surface area contributed by atoms with E-state index in [1.165, 1.54) is 0 Å². The Kier molecular flexibility index (Phi) is 8.06. The average molecular weight is 361 g/mol. The lowest BCUT2D eigenvalue weighted by atomic mass is 9.91. The second-order valence-electron chi connectivity index (χ2n) is 6.96. The fourth-order valence-corrected chi connectivity index (χ4v) is 3.34. The zero-order chi connectivity index (χ0) is 18.9. The largest absolute Gasteiger partial charge is 0.385 e. The lowest BCUT2D eigenvalue weighted by Gasteiger charge is -2.34. The van der Waals surface area contributed by atoms with E-state index in [2.05, 4.69) is 5.32 Å². The van der Waals surface area contributed by atoms with E-state index in [1.807, 2.05) is 42.2 Å². The molecule has 0 aromatic heterocycles. The smallest absolute Gasteiger partial charge is 0.227 e. The summed E-state index contributed by atoms with van der Waals surface area (Å²) >= 11 is 0. The second-order valence-corrected chi connectivity index (χ2v) is 6.96. The average Bonchev–Trinajstić information content (AvgIpc) is 2.70. The van der Waals surface area contributed by atoms with E-state index in [9.17, 15) is 9.59 Å². The lowest BCUT2D eigenvalue weighted by Crippen LogP contribution is -2.46. The summed E-state index contributed by atoms with van der Waals surface area (Å²) in [5, 5.41) is 2.95. The van der Waals surface area contributed by atoms with Gasteiger partial charge in [0.05, 0.1) is 5.92 Å². The third kappa shape index (κ3) is 5.54. The number of nitrogens with one attached hydrogen (secondary N) is 1. The van der Waals surface area contributed by atoms with E-state index in [4.69, 9.17) is 10.5 Å². The maximum absolute atomic E-state index is 12.8. The van der Waals surface area contributed by atoms with Crippen molar-refractivity contribution in [1.82, 2.24) is 10.2 Å². The number of nitrogens with two attached hydrogens (primary N) is 1. The van der Waals surface area contributed by atoms with Crippen molar-refractivity contribution in [1.29, 1.82) is 0 Å². The summed E-state index contributed by atoms with van der Waals surface area (Å²) in [7, 11) is 1.65. The molecular formula is C20H31N3O3. The van der Waals surface area contributed by atoms with Crippen molar-refractivity contribution in [2.24, 2.45) is 17.6 Å². The molecule has 0 aliphatic carbocycles. The number of carbonyl (C=O) groups is 2. The molecule has 1 aromatic carbocycles. The summed E-state index contributed by atoms with van der Waals surface area (Å²) in [5.74, 6) is -0.140. The van der Waals surface area contributed by atoms with Crippen LogP contribution < -0.4 is 11.1 Å². The number of benzene rings is 1. The first-order valence-corrected chi connectivity index (χ1v) is 9.40. The zero-order valence-electron chi connectivity index (χ0n) is 15.8. The van der Waals surface area contributed by atoms with Crippen molar-refractivity contribution in [2.75, 3.05) is 33.4 Å². The molecule has 3 N–H and O–H groups in total. The molecule has 6 heteroatoms. The van der Waals surface area contributed by atoms with Crippen molar-refractivity contribution < 1.29 is 14.3 Å². The Labute approximate surface area is 156 Å². The molecule has 144 valence electrons. The van der Waals surface area contributed by atoms with Gasteiger partial charge in [-0.05, 0) is 24.8 Å². The van der Waals surface area contributed by atoms with Crippen LogP contribution >= 0.6 is 0 Å². The van der Waals surface area contributed by atoms with Crippen molar-refractivity contribution >= 4 is 11.8 Å². The molecular weight excluding hydrogens is 330 g/mol. The molecule has 2 rings (SSSR count). The second kappa shape index (κ2) is 10.3. The molecule has 0 radical (unpaired) electrons. The number of hydrogen-bond acceptors (Lipinski definition) is 4. The minimum atomic E-state index is -0.314. The fourth-order valence-electron chi connectivity index (χ4n) is 3.34. The van der Waals surface area contributed by atoms with Crippen molar-refractivity contribution in [2.45, 2.75) is 32.2 Å². The molecule has 0 spiro atoms. The molecule has 1 heterocycles. The Morgan fingerprint density at radius 3 is 2.54 bits per heavy atom. The maximum Gasteiger partial charge on any atom is 0.227 e. The van der Waals surface area contributed by atoms with Gasteiger partial charge in [-0.3, -0.25) is 9.59 Å². The van der Waals surface area contributed by atoms with Crippen LogP contribution in [0, 0.1) is 11.8 Å². The van der Waals surface area contributed by atoms with Crippen LogP contribution in [0.2, 0.25) is 0 Å². The van der Waals surface area contributed by atoms with Gasteiger partial charge < -0.3 is 20.7 Å². The summed E-state index contributed by atoms with van der Waals surface area (Å²) < 4.78 is 4.98. The van der Waals surface area contributed by atoms with Gasteiger partial charge in [-0.25, -0.2) is 0 Å². The number of rotatable bonds is 8. The van der Waals surface area contributed by atoms with E-state index >= 15 is 0 Å². The number of amides is 2.